The Morgan fingerprint density at radius 2 is 1.89 bits per heavy atom. The zero-order valence-corrected chi connectivity index (χ0v) is 9.65. The first-order chi connectivity index (χ1) is 8.92. The second kappa shape index (κ2) is 3.63. The van der Waals surface area contributed by atoms with Gasteiger partial charge in [0.1, 0.15) is 12.1 Å². The minimum atomic E-state index is 0.111. The summed E-state index contributed by atoms with van der Waals surface area (Å²) in [6.45, 7) is 0. The van der Waals surface area contributed by atoms with Crippen molar-refractivity contribution in [2.24, 2.45) is 4.99 Å². The molecule has 88 valence electrons. The lowest BCUT2D eigenvalue weighted by Gasteiger charge is -2.07. The van der Waals surface area contributed by atoms with E-state index < -0.39 is 0 Å². The van der Waals surface area contributed by atoms with Gasteiger partial charge >= 0.3 is 0 Å². The molecule has 0 spiro atoms. The highest BCUT2D eigenvalue weighted by Gasteiger charge is 2.39. The molecular weight excluding hydrogens is 226 g/mol. The van der Waals surface area contributed by atoms with Crippen LogP contribution in [0, 0.1) is 0 Å². The smallest absolute Gasteiger partial charge is 0.256 e. The molecular formula is C14H11N3O. The van der Waals surface area contributed by atoms with Gasteiger partial charge in [0, 0.05) is 18.8 Å². The molecule has 2 atom stereocenters. The molecule has 0 fully saturated rings. The van der Waals surface area contributed by atoms with Crippen molar-refractivity contribution in [1.29, 1.82) is 0 Å². The summed E-state index contributed by atoms with van der Waals surface area (Å²) >= 11 is 0. The lowest BCUT2D eigenvalue weighted by molar-refractivity contribution is 0.205. The maximum absolute atomic E-state index is 5.88. The third kappa shape index (κ3) is 1.35. The summed E-state index contributed by atoms with van der Waals surface area (Å²) in [6.07, 6.45) is 4.44. The third-order valence-electron chi connectivity index (χ3n) is 3.42. The molecule has 4 heteroatoms. The van der Waals surface area contributed by atoms with Crippen molar-refractivity contribution in [1.82, 2.24) is 9.97 Å². The Balaban J connectivity index is 1.74. The van der Waals surface area contributed by atoms with Crippen LogP contribution in [-0.2, 0) is 11.2 Å². The molecule has 2 aliphatic rings. The summed E-state index contributed by atoms with van der Waals surface area (Å²) in [6, 6.07) is 10.3. The molecule has 1 aliphatic carbocycles. The van der Waals surface area contributed by atoms with E-state index in [1.807, 2.05) is 6.07 Å². The Bertz CT molecular complexity index is 624. The highest BCUT2D eigenvalue weighted by molar-refractivity contribution is 5.92. The standard InChI is InChI=1S/C14H11N3O/c1-2-5-10-9(4-1)8-11-12(10)17-14(18-11)13-15-6-3-7-16-13/h1-7,11-12H,8H2/t11-,12+/m0/s1. The normalized spacial score (nSPS) is 24.1. The van der Waals surface area contributed by atoms with Gasteiger partial charge in [-0.05, 0) is 17.2 Å². The van der Waals surface area contributed by atoms with Crippen LogP contribution in [0.2, 0.25) is 0 Å². The number of aromatic nitrogens is 2. The number of ether oxygens (including phenoxy) is 1. The third-order valence-corrected chi connectivity index (χ3v) is 3.42. The van der Waals surface area contributed by atoms with Crippen molar-refractivity contribution >= 4 is 5.90 Å². The van der Waals surface area contributed by atoms with Crippen LogP contribution in [-0.4, -0.2) is 22.0 Å². The van der Waals surface area contributed by atoms with Crippen LogP contribution >= 0.6 is 0 Å². The summed E-state index contributed by atoms with van der Waals surface area (Å²) in [4.78, 5) is 13.0. The zero-order chi connectivity index (χ0) is 11.9. The van der Waals surface area contributed by atoms with E-state index >= 15 is 0 Å². The molecule has 0 N–H and O–H groups in total. The quantitative estimate of drug-likeness (QED) is 0.761. The van der Waals surface area contributed by atoms with E-state index in [2.05, 4.69) is 33.2 Å². The Morgan fingerprint density at radius 1 is 1.06 bits per heavy atom. The Kier molecular flexibility index (Phi) is 1.97. The number of hydrogen-bond donors (Lipinski definition) is 0. The predicted octanol–water partition coefficient (Wildman–Crippen LogP) is 1.92. The molecule has 2 heterocycles. The largest absolute Gasteiger partial charge is 0.469 e. The van der Waals surface area contributed by atoms with Crippen LogP contribution in [0.15, 0.2) is 47.7 Å². The first kappa shape index (κ1) is 9.76. The van der Waals surface area contributed by atoms with E-state index in [0.717, 1.165) is 6.42 Å². The number of nitrogens with zero attached hydrogens (tertiary/aromatic N) is 3. The molecule has 0 saturated heterocycles. The minimum absolute atomic E-state index is 0.111. The zero-order valence-electron chi connectivity index (χ0n) is 9.65. The van der Waals surface area contributed by atoms with Crippen LogP contribution in [0.3, 0.4) is 0 Å². The average Bonchev–Trinajstić information content (AvgIpc) is 2.97. The van der Waals surface area contributed by atoms with Crippen LogP contribution < -0.4 is 0 Å². The monoisotopic (exact) mass is 237 g/mol. The fourth-order valence-electron chi connectivity index (χ4n) is 2.62. The molecule has 0 amide bonds. The molecule has 4 nitrogen and oxygen atoms in total. The first-order valence-electron chi connectivity index (χ1n) is 6.01. The number of rotatable bonds is 1. The van der Waals surface area contributed by atoms with Crippen LogP contribution in [0.1, 0.15) is 23.0 Å². The summed E-state index contributed by atoms with van der Waals surface area (Å²) in [5, 5.41) is 0. The Hall–Kier alpha value is -2.23. The van der Waals surface area contributed by atoms with Crippen molar-refractivity contribution < 1.29 is 4.74 Å². The summed E-state index contributed by atoms with van der Waals surface area (Å²) < 4.78 is 5.88. The molecule has 0 bridgehead atoms. The number of benzene rings is 1. The second-order valence-corrected chi connectivity index (χ2v) is 4.51. The van der Waals surface area contributed by atoms with Crippen LogP contribution in [0.25, 0.3) is 0 Å². The summed E-state index contributed by atoms with van der Waals surface area (Å²) in [5.41, 5.74) is 2.61. The van der Waals surface area contributed by atoms with Gasteiger partial charge in [-0.25, -0.2) is 15.0 Å². The fourth-order valence-corrected chi connectivity index (χ4v) is 2.62. The van der Waals surface area contributed by atoms with Crippen molar-refractivity contribution in [2.75, 3.05) is 0 Å². The van der Waals surface area contributed by atoms with E-state index in [1.165, 1.54) is 11.1 Å². The molecule has 0 unspecified atom stereocenters. The van der Waals surface area contributed by atoms with Crippen LogP contribution in [0.4, 0.5) is 0 Å². The van der Waals surface area contributed by atoms with E-state index in [1.54, 1.807) is 18.5 Å². The first-order valence-corrected chi connectivity index (χ1v) is 6.01. The highest BCUT2D eigenvalue weighted by atomic mass is 16.5. The topological polar surface area (TPSA) is 47.4 Å². The van der Waals surface area contributed by atoms with Gasteiger partial charge in [-0.3, -0.25) is 0 Å². The number of aliphatic imine (C=N–C) groups is 1. The average molecular weight is 237 g/mol. The molecule has 0 radical (unpaired) electrons. The van der Waals surface area contributed by atoms with Gasteiger partial charge < -0.3 is 4.74 Å². The van der Waals surface area contributed by atoms with E-state index in [-0.39, 0.29) is 12.1 Å². The van der Waals surface area contributed by atoms with Gasteiger partial charge in [-0.15, -0.1) is 0 Å². The molecule has 4 rings (SSSR count). The van der Waals surface area contributed by atoms with Crippen molar-refractivity contribution in [2.45, 2.75) is 18.6 Å². The SMILES string of the molecule is c1cnc(C2=N[C@@H]3c4ccccc4C[C@@H]3O2)nc1. The molecule has 1 aliphatic heterocycles. The predicted molar refractivity (Wildman–Crippen MR) is 66.3 cm³/mol. The van der Waals surface area contributed by atoms with E-state index in [9.17, 15) is 0 Å². The van der Waals surface area contributed by atoms with Crippen molar-refractivity contribution in [3.05, 3.63) is 59.7 Å². The number of fused-ring (bicyclic) bond motifs is 3. The van der Waals surface area contributed by atoms with Crippen molar-refractivity contribution in [3.8, 4) is 0 Å². The number of hydrogen-bond acceptors (Lipinski definition) is 4. The van der Waals surface area contributed by atoms with Gasteiger partial charge in [-0.2, -0.15) is 0 Å². The fraction of sp³-hybridized carbons (Fsp3) is 0.214. The maximum Gasteiger partial charge on any atom is 0.256 e. The van der Waals surface area contributed by atoms with Gasteiger partial charge in [0.15, 0.2) is 0 Å². The van der Waals surface area contributed by atoms with E-state index in [4.69, 9.17) is 4.74 Å². The molecule has 2 aromatic rings. The Morgan fingerprint density at radius 3 is 2.78 bits per heavy atom. The van der Waals surface area contributed by atoms with Crippen molar-refractivity contribution in [3.63, 3.8) is 0 Å². The van der Waals surface area contributed by atoms with Gasteiger partial charge in [0.05, 0.1) is 0 Å². The molecule has 0 saturated carbocycles. The van der Waals surface area contributed by atoms with E-state index in [0.29, 0.717) is 11.7 Å². The minimum Gasteiger partial charge on any atom is -0.469 e. The second-order valence-electron chi connectivity index (χ2n) is 4.51. The molecule has 18 heavy (non-hydrogen) atoms. The Labute approximate surface area is 104 Å². The lowest BCUT2D eigenvalue weighted by Crippen LogP contribution is -2.15. The van der Waals surface area contributed by atoms with Gasteiger partial charge in [0.25, 0.3) is 5.90 Å². The summed E-state index contributed by atoms with van der Waals surface area (Å²) in [5.74, 6) is 1.14. The van der Waals surface area contributed by atoms with Crippen LogP contribution in [0.5, 0.6) is 0 Å². The molecule has 1 aromatic heterocycles. The van der Waals surface area contributed by atoms with Gasteiger partial charge in [-0.1, -0.05) is 24.3 Å². The lowest BCUT2D eigenvalue weighted by atomic mass is 10.1. The maximum atomic E-state index is 5.88. The summed E-state index contributed by atoms with van der Waals surface area (Å²) in [7, 11) is 0. The highest BCUT2D eigenvalue weighted by Crippen LogP contribution is 2.40. The van der Waals surface area contributed by atoms with Gasteiger partial charge in [0.2, 0.25) is 5.82 Å². The molecule has 1 aromatic carbocycles.